The van der Waals surface area contributed by atoms with Crippen LogP contribution in [0.3, 0.4) is 0 Å². The van der Waals surface area contributed by atoms with Crippen LogP contribution in [0.2, 0.25) is 0 Å². The molecule has 0 saturated carbocycles. The van der Waals surface area contributed by atoms with Gasteiger partial charge in [0.05, 0.1) is 24.3 Å². The maximum absolute atomic E-state index is 13.7. The van der Waals surface area contributed by atoms with E-state index in [0.717, 1.165) is 5.57 Å². The number of carbonyl (C=O) groups is 2. The van der Waals surface area contributed by atoms with E-state index in [2.05, 4.69) is 15.0 Å². The zero-order valence-corrected chi connectivity index (χ0v) is 12.3. The third kappa shape index (κ3) is 2.88. The van der Waals surface area contributed by atoms with E-state index in [1.165, 1.54) is 19.2 Å². The minimum absolute atomic E-state index is 0.130. The van der Waals surface area contributed by atoms with Gasteiger partial charge >= 0.3 is 5.97 Å². The monoisotopic (exact) mass is 312 g/mol. The largest absolute Gasteiger partial charge is 0.465 e. The molecule has 0 fully saturated rings. The van der Waals surface area contributed by atoms with Gasteiger partial charge in [-0.2, -0.15) is 5.11 Å². The molecule has 116 valence electrons. The number of ether oxygens (including phenoxy) is 1. The van der Waals surface area contributed by atoms with E-state index < -0.39 is 17.7 Å². The summed E-state index contributed by atoms with van der Waals surface area (Å²) in [5, 5.41) is 7.63. The lowest BCUT2D eigenvalue weighted by atomic mass is 9.89. The molecule has 1 aromatic carbocycles. The molecule has 1 aromatic rings. The number of amides is 1. The molecule has 2 aliphatic rings. The molecule has 5 nitrogen and oxygen atoms in total. The molecule has 1 atom stereocenters. The van der Waals surface area contributed by atoms with Gasteiger partial charge in [-0.1, -0.05) is 30.4 Å². The summed E-state index contributed by atoms with van der Waals surface area (Å²) in [6, 6.07) is 4.21. The third-order valence-electron chi connectivity index (χ3n) is 3.70. The minimum atomic E-state index is -0.735. The normalized spacial score (nSPS) is 19.0. The summed E-state index contributed by atoms with van der Waals surface area (Å²) in [7, 11) is 1.20. The zero-order chi connectivity index (χ0) is 16.4. The Morgan fingerprint density at radius 3 is 2.91 bits per heavy atom. The van der Waals surface area contributed by atoms with Crippen LogP contribution in [-0.2, 0) is 16.0 Å². The lowest BCUT2D eigenvalue weighted by Crippen LogP contribution is -2.18. The Morgan fingerprint density at radius 2 is 2.13 bits per heavy atom. The Morgan fingerprint density at radius 1 is 1.30 bits per heavy atom. The molecule has 0 bridgehead atoms. The second-order valence-corrected chi connectivity index (χ2v) is 5.14. The number of hydrogen-bond acceptors (Lipinski definition) is 4. The van der Waals surface area contributed by atoms with Gasteiger partial charge in [0, 0.05) is 6.42 Å². The molecule has 1 heterocycles. The summed E-state index contributed by atoms with van der Waals surface area (Å²) < 4.78 is 18.2. The standard InChI is InChI=1S/C17H13FN2O3/c1-23-17(22)13-8-10(6-7-14(13)18)9-15-11-4-2-3-5-12(11)16(21)20-19-15/h2-8,12H,9H2,1H3. The molecule has 0 saturated heterocycles. The topological polar surface area (TPSA) is 68.1 Å². The van der Waals surface area contributed by atoms with E-state index in [1.807, 2.05) is 12.2 Å². The van der Waals surface area contributed by atoms with Gasteiger partial charge in [-0.25, -0.2) is 9.18 Å². The molecule has 1 aliphatic heterocycles. The van der Waals surface area contributed by atoms with Crippen molar-refractivity contribution < 1.29 is 18.7 Å². The van der Waals surface area contributed by atoms with Gasteiger partial charge in [0.2, 0.25) is 0 Å². The SMILES string of the molecule is COC(=O)c1cc(CC2=C3C=CC=CC3C(=O)N=N2)ccc1F. The molecular weight excluding hydrogens is 299 g/mol. The molecule has 23 heavy (non-hydrogen) atoms. The number of hydrogen-bond donors (Lipinski definition) is 0. The fourth-order valence-corrected chi connectivity index (χ4v) is 2.54. The number of azo groups is 1. The maximum atomic E-state index is 13.7. The summed E-state index contributed by atoms with van der Waals surface area (Å²) >= 11 is 0. The van der Waals surface area contributed by atoms with Gasteiger partial charge in [0.1, 0.15) is 5.82 Å². The zero-order valence-electron chi connectivity index (χ0n) is 12.3. The predicted molar refractivity (Wildman–Crippen MR) is 80.1 cm³/mol. The van der Waals surface area contributed by atoms with E-state index in [1.54, 1.807) is 18.2 Å². The molecule has 1 unspecified atom stereocenters. The van der Waals surface area contributed by atoms with Crippen molar-refractivity contribution >= 4 is 11.9 Å². The second-order valence-electron chi connectivity index (χ2n) is 5.14. The summed E-state index contributed by atoms with van der Waals surface area (Å²) in [4.78, 5) is 23.3. The molecule has 1 amide bonds. The lowest BCUT2D eigenvalue weighted by Gasteiger charge is -2.19. The van der Waals surface area contributed by atoms with Crippen LogP contribution >= 0.6 is 0 Å². The smallest absolute Gasteiger partial charge is 0.340 e. The molecule has 3 rings (SSSR count). The number of esters is 1. The predicted octanol–water partition coefficient (Wildman–Crippen LogP) is 3.14. The van der Waals surface area contributed by atoms with Crippen molar-refractivity contribution in [3.63, 3.8) is 0 Å². The van der Waals surface area contributed by atoms with Gasteiger partial charge in [-0.05, 0) is 23.3 Å². The van der Waals surface area contributed by atoms with Gasteiger partial charge in [-0.15, -0.1) is 5.11 Å². The molecule has 6 heteroatoms. The Bertz CT molecular complexity index is 806. The van der Waals surface area contributed by atoms with Crippen molar-refractivity contribution in [1.29, 1.82) is 0 Å². The fourth-order valence-electron chi connectivity index (χ4n) is 2.54. The number of methoxy groups -OCH3 is 1. The van der Waals surface area contributed by atoms with Crippen LogP contribution in [0.15, 0.2) is 64.0 Å². The Hall–Kier alpha value is -2.89. The highest BCUT2D eigenvalue weighted by Crippen LogP contribution is 2.30. The first-order valence-corrected chi connectivity index (χ1v) is 7.00. The average molecular weight is 312 g/mol. The summed E-state index contributed by atoms with van der Waals surface area (Å²) in [5.74, 6) is -2.11. The fraction of sp³-hybridized carbons (Fsp3) is 0.176. The highest BCUT2D eigenvalue weighted by molar-refractivity contribution is 5.90. The van der Waals surface area contributed by atoms with Gasteiger partial charge in [-0.3, -0.25) is 4.79 Å². The molecule has 1 aliphatic carbocycles. The number of fused-ring (bicyclic) bond motifs is 1. The van der Waals surface area contributed by atoms with Crippen LogP contribution < -0.4 is 0 Å². The van der Waals surface area contributed by atoms with Crippen LogP contribution in [0, 0.1) is 11.7 Å². The molecule has 0 aromatic heterocycles. The van der Waals surface area contributed by atoms with Crippen LogP contribution in [0.1, 0.15) is 15.9 Å². The molecular formula is C17H13FN2O3. The van der Waals surface area contributed by atoms with E-state index in [9.17, 15) is 14.0 Å². The van der Waals surface area contributed by atoms with E-state index in [0.29, 0.717) is 17.7 Å². The lowest BCUT2D eigenvalue weighted by molar-refractivity contribution is -0.120. The number of halogens is 1. The number of benzene rings is 1. The highest BCUT2D eigenvalue weighted by Gasteiger charge is 2.27. The van der Waals surface area contributed by atoms with E-state index in [-0.39, 0.29) is 11.5 Å². The third-order valence-corrected chi connectivity index (χ3v) is 3.70. The van der Waals surface area contributed by atoms with Crippen molar-refractivity contribution in [2.75, 3.05) is 7.11 Å². The Kier molecular flexibility index (Phi) is 3.97. The maximum Gasteiger partial charge on any atom is 0.340 e. The van der Waals surface area contributed by atoms with Gasteiger partial charge < -0.3 is 4.74 Å². The first-order valence-electron chi connectivity index (χ1n) is 7.00. The quantitative estimate of drug-likeness (QED) is 0.805. The van der Waals surface area contributed by atoms with Crippen LogP contribution in [0.4, 0.5) is 4.39 Å². The van der Waals surface area contributed by atoms with E-state index in [4.69, 9.17) is 0 Å². The highest BCUT2D eigenvalue weighted by atomic mass is 19.1. The summed E-state index contributed by atoms with van der Waals surface area (Å²) in [6.07, 6.45) is 7.54. The summed E-state index contributed by atoms with van der Waals surface area (Å²) in [6.45, 7) is 0. The first-order chi connectivity index (χ1) is 11.1. The van der Waals surface area contributed by atoms with Crippen molar-refractivity contribution in [1.82, 2.24) is 0 Å². The average Bonchev–Trinajstić information content (AvgIpc) is 2.58. The van der Waals surface area contributed by atoms with Gasteiger partial charge in [0.25, 0.3) is 5.91 Å². The number of carbonyl (C=O) groups excluding carboxylic acids is 2. The Balaban J connectivity index is 1.94. The van der Waals surface area contributed by atoms with Crippen LogP contribution in [0.25, 0.3) is 0 Å². The van der Waals surface area contributed by atoms with Crippen molar-refractivity contribution in [2.45, 2.75) is 6.42 Å². The van der Waals surface area contributed by atoms with Crippen LogP contribution in [-0.4, -0.2) is 19.0 Å². The molecule has 0 spiro atoms. The summed E-state index contributed by atoms with van der Waals surface area (Å²) in [5.41, 5.74) is 1.95. The molecule has 0 N–H and O–H groups in total. The van der Waals surface area contributed by atoms with Crippen LogP contribution in [0.5, 0.6) is 0 Å². The van der Waals surface area contributed by atoms with Crippen molar-refractivity contribution in [2.24, 2.45) is 16.1 Å². The number of allylic oxidation sites excluding steroid dienone is 4. The van der Waals surface area contributed by atoms with Crippen molar-refractivity contribution in [3.8, 4) is 0 Å². The first kappa shape index (κ1) is 15.0. The van der Waals surface area contributed by atoms with Crippen molar-refractivity contribution in [3.05, 3.63) is 70.7 Å². The van der Waals surface area contributed by atoms with Gasteiger partial charge in [0.15, 0.2) is 0 Å². The Labute approximate surface area is 131 Å². The second kappa shape index (κ2) is 6.08. The van der Waals surface area contributed by atoms with E-state index >= 15 is 0 Å². The minimum Gasteiger partial charge on any atom is -0.465 e. The molecule has 0 radical (unpaired) electrons. The number of rotatable bonds is 3. The number of nitrogens with zero attached hydrogens (tertiary/aromatic N) is 2.